The number of hydrogen-bond acceptors (Lipinski definition) is 14. The molecule has 0 unspecified atom stereocenters. The maximum Gasteiger partial charge on any atom is 0.348 e. The Hall–Kier alpha value is -7.25. The van der Waals surface area contributed by atoms with Gasteiger partial charge in [0.15, 0.2) is 18.1 Å². The highest BCUT2D eigenvalue weighted by Gasteiger charge is 2.40. The summed E-state index contributed by atoms with van der Waals surface area (Å²) in [5.41, 5.74) is 6.60. The van der Waals surface area contributed by atoms with E-state index in [0.717, 1.165) is 27.8 Å². The summed E-state index contributed by atoms with van der Waals surface area (Å²) in [6.07, 6.45) is -1.84. The van der Waals surface area contributed by atoms with E-state index in [4.69, 9.17) is 80.2 Å². The number of ether oxygens (including phenoxy) is 9. The Morgan fingerprint density at radius 2 is 1.21 bits per heavy atom. The monoisotopic (exact) mass is 1380 g/mol. The van der Waals surface area contributed by atoms with Gasteiger partial charge in [-0.15, -0.1) is 17.9 Å². The van der Waals surface area contributed by atoms with Crippen LogP contribution in [0.1, 0.15) is 98.3 Å². The number of nitrogens with zero attached hydrogens (tertiary/aromatic N) is 2. The number of hydrogen-bond donors (Lipinski definition) is 0. The summed E-state index contributed by atoms with van der Waals surface area (Å²) in [5.74, 6) is 2.25. The second kappa shape index (κ2) is 30.7. The molecule has 0 N–H and O–H groups in total. The number of methoxy groups -OCH3 is 2. The number of halogens is 3. The van der Waals surface area contributed by atoms with Gasteiger partial charge in [-0.05, 0) is 156 Å². The lowest BCUT2D eigenvalue weighted by molar-refractivity contribution is -0.228. The van der Waals surface area contributed by atoms with Crippen LogP contribution in [0.4, 0.5) is 0 Å². The van der Waals surface area contributed by atoms with Crippen LogP contribution in [-0.2, 0) is 36.8 Å². The summed E-state index contributed by atoms with van der Waals surface area (Å²) >= 11 is 20.7. The third-order valence-electron chi connectivity index (χ3n) is 15.9. The highest BCUT2D eigenvalue weighted by atomic mass is 79.9. The molecule has 482 valence electrons. The number of carbonyl (C=O) groups is 1. The number of esters is 1. The van der Waals surface area contributed by atoms with Crippen molar-refractivity contribution in [1.82, 2.24) is 9.97 Å². The molecular formula is C74H79BrCl2N2O11SSi. The molecule has 0 aliphatic heterocycles. The highest BCUT2D eigenvalue weighted by molar-refractivity contribution is 9.11. The van der Waals surface area contributed by atoms with Crippen molar-refractivity contribution in [1.29, 1.82) is 0 Å². The normalized spacial score (nSPS) is 13.3. The molecule has 0 bridgehead atoms. The van der Waals surface area contributed by atoms with Gasteiger partial charge in [0, 0.05) is 17.5 Å². The molecule has 9 aromatic rings. The van der Waals surface area contributed by atoms with Crippen LogP contribution < -0.4 is 28.1 Å². The van der Waals surface area contributed by atoms with Crippen LogP contribution >= 0.6 is 50.5 Å². The molecule has 2 aromatic heterocycles. The van der Waals surface area contributed by atoms with Gasteiger partial charge in [0.1, 0.15) is 58.6 Å². The first-order valence-electron chi connectivity index (χ1n) is 30.3. The number of fused-ring (bicyclic) bond motifs is 1. The Kier molecular flexibility index (Phi) is 23.0. The first kappa shape index (κ1) is 69.1. The Labute approximate surface area is 564 Å². The van der Waals surface area contributed by atoms with E-state index in [0.29, 0.717) is 64.8 Å². The average molecular weight is 1380 g/mol. The standard InChI is InChI=1S/C74H79BrCl2N2O11SSi/c1-14-40-83-44-59(72(87-65(49-26-20-16-21-27-49)51-30-34-54(81-10)35-31-51)88-66(50-28-22-17-23-29-50)52-32-36-55(82-11)37-33-52)85-67-63(76)46(2)60(47(3)64(67)77)61-62-69(78-45-79-70(62)91-68(61)75)86-58(71(80)89-73(4,5)6)42-53-41-56(90-92(12,13)74(7,8)9)38-39-57(53)84-43-48-24-18-15-19-25-48/h14-39,41,45,58-59,65-66,72H,1,40,42-44H2,2-13H3/t58-,59-,65-,66-/m1/s1. The fraction of sp³-hybridized carbons (Fsp3) is 0.311. The van der Waals surface area contributed by atoms with Crippen LogP contribution in [0.25, 0.3) is 21.3 Å². The summed E-state index contributed by atoms with van der Waals surface area (Å²) in [5, 5.41) is 0.822. The van der Waals surface area contributed by atoms with Crippen LogP contribution in [0.15, 0.2) is 180 Å². The molecule has 0 saturated heterocycles. The molecule has 0 fully saturated rings. The molecule has 0 aliphatic carbocycles. The zero-order valence-corrected chi connectivity index (χ0v) is 58.9. The lowest BCUT2D eigenvalue weighted by Gasteiger charge is -2.36. The Morgan fingerprint density at radius 3 is 1.72 bits per heavy atom. The quantitative estimate of drug-likeness (QED) is 0.0151. The fourth-order valence-corrected chi connectivity index (χ4v) is 13.4. The molecule has 0 saturated carbocycles. The van der Waals surface area contributed by atoms with Gasteiger partial charge in [0.25, 0.3) is 0 Å². The van der Waals surface area contributed by atoms with Gasteiger partial charge in [0.2, 0.25) is 20.3 Å². The molecule has 92 heavy (non-hydrogen) atoms. The molecule has 0 aliphatic rings. The van der Waals surface area contributed by atoms with Crippen molar-refractivity contribution in [3.05, 3.63) is 235 Å². The molecular weight excluding hydrogens is 1300 g/mol. The summed E-state index contributed by atoms with van der Waals surface area (Å²) in [4.78, 5) is 24.8. The van der Waals surface area contributed by atoms with E-state index < -0.39 is 50.6 Å². The van der Waals surface area contributed by atoms with Crippen LogP contribution in [0, 0.1) is 13.8 Å². The largest absolute Gasteiger partial charge is 0.543 e. The topological polar surface area (TPSA) is 135 Å². The summed E-state index contributed by atoms with van der Waals surface area (Å²) in [7, 11) is 0.935. The number of aromatic nitrogens is 2. The molecule has 0 spiro atoms. The van der Waals surface area contributed by atoms with Crippen molar-refractivity contribution >= 4 is 75.0 Å². The molecule has 2 heterocycles. The first-order valence-corrected chi connectivity index (χ1v) is 35.6. The molecule has 7 aromatic carbocycles. The van der Waals surface area contributed by atoms with Gasteiger partial charge in [-0.25, -0.2) is 14.8 Å². The minimum Gasteiger partial charge on any atom is -0.543 e. The molecule has 0 radical (unpaired) electrons. The Balaban J connectivity index is 1.15. The predicted molar refractivity (Wildman–Crippen MR) is 373 cm³/mol. The smallest absolute Gasteiger partial charge is 0.348 e. The van der Waals surface area contributed by atoms with Gasteiger partial charge in [-0.3, -0.25) is 0 Å². The van der Waals surface area contributed by atoms with Crippen molar-refractivity contribution in [2.24, 2.45) is 0 Å². The average Bonchev–Trinajstić information content (AvgIpc) is 1.56. The summed E-state index contributed by atoms with van der Waals surface area (Å²) < 4.78 is 66.7. The lowest BCUT2D eigenvalue weighted by atomic mass is 9.95. The summed E-state index contributed by atoms with van der Waals surface area (Å²) in [6.45, 7) is 24.5. The van der Waals surface area contributed by atoms with Gasteiger partial charge < -0.3 is 47.1 Å². The maximum atomic E-state index is 14.8. The third kappa shape index (κ3) is 16.9. The van der Waals surface area contributed by atoms with Crippen LogP contribution in [-0.4, -0.2) is 75.8 Å². The van der Waals surface area contributed by atoms with Crippen molar-refractivity contribution < 1.29 is 51.9 Å². The minimum absolute atomic E-state index is 0.0199. The van der Waals surface area contributed by atoms with E-state index in [-0.39, 0.29) is 53.0 Å². The van der Waals surface area contributed by atoms with Crippen molar-refractivity contribution in [2.45, 2.75) is 123 Å². The first-order chi connectivity index (χ1) is 44.0. The molecule has 0 amide bonds. The van der Waals surface area contributed by atoms with Crippen molar-refractivity contribution in [2.75, 3.05) is 27.4 Å². The lowest BCUT2D eigenvalue weighted by Crippen LogP contribution is -2.43. The van der Waals surface area contributed by atoms with Crippen LogP contribution in [0.5, 0.6) is 34.6 Å². The number of rotatable bonds is 28. The Bertz CT molecular complexity index is 3820. The van der Waals surface area contributed by atoms with E-state index in [1.54, 1.807) is 20.3 Å². The molecule has 4 atom stereocenters. The molecule has 18 heteroatoms. The minimum atomic E-state index is -2.32. The van der Waals surface area contributed by atoms with E-state index in [1.165, 1.54) is 17.7 Å². The van der Waals surface area contributed by atoms with E-state index >= 15 is 0 Å². The molecule has 9 rings (SSSR count). The van der Waals surface area contributed by atoms with Crippen molar-refractivity contribution in [3.63, 3.8) is 0 Å². The second-order valence-electron chi connectivity index (χ2n) is 24.7. The zero-order valence-electron chi connectivity index (χ0n) is 54.0. The second-order valence-corrected chi connectivity index (χ2v) is 32.5. The third-order valence-corrected chi connectivity index (χ3v) is 23.0. The summed E-state index contributed by atoms with van der Waals surface area (Å²) in [6, 6.07) is 50.8. The number of benzene rings is 7. The van der Waals surface area contributed by atoms with Gasteiger partial charge in [-0.1, -0.05) is 165 Å². The van der Waals surface area contributed by atoms with Gasteiger partial charge in [0.05, 0.1) is 46.7 Å². The Morgan fingerprint density at radius 1 is 0.685 bits per heavy atom. The highest BCUT2D eigenvalue weighted by Crippen LogP contribution is 2.52. The number of carbonyl (C=O) groups excluding carboxylic acids is 1. The van der Waals surface area contributed by atoms with E-state index in [9.17, 15) is 4.79 Å². The van der Waals surface area contributed by atoms with Crippen LogP contribution in [0.3, 0.4) is 0 Å². The van der Waals surface area contributed by atoms with Gasteiger partial charge in [-0.2, -0.15) is 0 Å². The molecule has 13 nitrogen and oxygen atoms in total. The fourth-order valence-electron chi connectivity index (χ4n) is 10.2. The van der Waals surface area contributed by atoms with E-state index in [1.807, 2.05) is 192 Å². The SMILES string of the molecule is C=CCOC[C@@H](Oc1c(Cl)c(C)c(-c2c(Br)sc3ncnc(O[C@H](Cc4cc(O[Si](C)(C)C(C)(C)C)ccc4OCc4ccccc4)C(=O)OC(C)(C)C)c23)c(C)c1Cl)C(O[C@H](c1ccccc1)c1ccc(OC)cc1)O[C@H](c1ccccc1)c1ccc(OC)cc1. The maximum absolute atomic E-state index is 14.8. The zero-order chi connectivity index (χ0) is 65.9. The van der Waals surface area contributed by atoms with E-state index in [2.05, 4.69) is 56.4 Å². The van der Waals surface area contributed by atoms with Crippen molar-refractivity contribution in [3.8, 4) is 45.8 Å². The van der Waals surface area contributed by atoms with Gasteiger partial charge >= 0.3 is 5.97 Å². The van der Waals surface area contributed by atoms with Crippen LogP contribution in [0.2, 0.25) is 28.2 Å². The number of thiophene rings is 1. The predicted octanol–water partition coefficient (Wildman–Crippen LogP) is 19.2.